The normalized spacial score (nSPS) is 10.7. The molecule has 0 aliphatic heterocycles. The number of benzene rings is 6. The highest BCUT2D eigenvalue weighted by molar-refractivity contribution is 5.81. The molecule has 0 aliphatic carbocycles. The number of ether oxygens (including phenoxy) is 2. The Morgan fingerprint density at radius 3 is 0.818 bits per heavy atom. The average Bonchev–Trinajstić information content (AvgIpc) is 3.08. The molecule has 6 aromatic carbocycles. The van der Waals surface area contributed by atoms with Crippen LogP contribution in [-0.2, 0) is 0 Å². The van der Waals surface area contributed by atoms with Gasteiger partial charge in [-0.25, -0.2) is 8.78 Å². The number of hydrogen-bond donors (Lipinski definition) is 0. The maximum absolute atomic E-state index is 13.7. The summed E-state index contributed by atoms with van der Waals surface area (Å²) in [5.41, 5.74) is 7.50. The van der Waals surface area contributed by atoms with Gasteiger partial charge in [-0.05, 0) is 132 Å². The molecule has 44 heavy (non-hydrogen) atoms. The number of halogens is 2. The fourth-order valence-corrected chi connectivity index (χ4v) is 5.14. The Bertz CT molecular complexity index is 1710. The van der Waals surface area contributed by atoms with Gasteiger partial charge in [0.15, 0.2) is 0 Å². The van der Waals surface area contributed by atoms with Crippen LogP contribution in [0.4, 0.5) is 42.9 Å². The first kappa shape index (κ1) is 28.5. The number of anilines is 6. The average molecular weight is 585 g/mol. The Morgan fingerprint density at radius 2 is 0.568 bits per heavy atom. The van der Waals surface area contributed by atoms with Gasteiger partial charge in [0.2, 0.25) is 0 Å². The van der Waals surface area contributed by atoms with Crippen molar-refractivity contribution in [1.29, 1.82) is 0 Å². The van der Waals surface area contributed by atoms with Crippen LogP contribution in [0.1, 0.15) is 0 Å². The Hall–Kier alpha value is -5.62. The maximum atomic E-state index is 13.7. The molecule has 0 unspecified atom stereocenters. The maximum Gasteiger partial charge on any atom is 0.123 e. The quantitative estimate of drug-likeness (QED) is 0.169. The van der Waals surface area contributed by atoms with Crippen LogP contribution in [0.25, 0.3) is 11.1 Å². The molecule has 0 aromatic heterocycles. The van der Waals surface area contributed by atoms with E-state index in [0.717, 1.165) is 56.8 Å². The molecule has 4 nitrogen and oxygen atoms in total. The van der Waals surface area contributed by atoms with E-state index in [1.165, 1.54) is 24.3 Å². The van der Waals surface area contributed by atoms with Gasteiger partial charge in [-0.2, -0.15) is 0 Å². The van der Waals surface area contributed by atoms with Crippen molar-refractivity contribution in [3.05, 3.63) is 157 Å². The first-order chi connectivity index (χ1) is 21.5. The molecule has 0 atom stereocenters. The molecule has 0 heterocycles. The summed E-state index contributed by atoms with van der Waals surface area (Å²) in [5.74, 6) is 0.951. The van der Waals surface area contributed by atoms with Crippen LogP contribution in [0.5, 0.6) is 11.5 Å². The van der Waals surface area contributed by atoms with Gasteiger partial charge in [0.1, 0.15) is 23.1 Å². The molecule has 0 bridgehead atoms. The minimum Gasteiger partial charge on any atom is -0.497 e. The Kier molecular flexibility index (Phi) is 8.23. The van der Waals surface area contributed by atoms with Crippen LogP contribution in [0.15, 0.2) is 146 Å². The van der Waals surface area contributed by atoms with Crippen LogP contribution >= 0.6 is 0 Å². The zero-order valence-electron chi connectivity index (χ0n) is 24.3. The van der Waals surface area contributed by atoms with Gasteiger partial charge >= 0.3 is 0 Å². The van der Waals surface area contributed by atoms with Crippen LogP contribution in [0.3, 0.4) is 0 Å². The second-order valence-electron chi connectivity index (χ2n) is 10.1. The van der Waals surface area contributed by atoms with Crippen molar-refractivity contribution in [3.8, 4) is 22.6 Å². The molecule has 218 valence electrons. The highest BCUT2D eigenvalue weighted by Gasteiger charge is 2.15. The van der Waals surface area contributed by atoms with Crippen molar-refractivity contribution in [2.75, 3.05) is 24.0 Å². The van der Waals surface area contributed by atoms with E-state index in [1.54, 1.807) is 38.5 Å². The summed E-state index contributed by atoms with van der Waals surface area (Å²) < 4.78 is 38.1. The third-order valence-electron chi connectivity index (χ3n) is 7.42. The summed E-state index contributed by atoms with van der Waals surface area (Å²) in [5, 5.41) is 0. The highest BCUT2D eigenvalue weighted by Crippen LogP contribution is 2.38. The van der Waals surface area contributed by atoms with Crippen LogP contribution in [0.2, 0.25) is 0 Å². The zero-order valence-corrected chi connectivity index (χ0v) is 24.3. The number of nitrogens with zero attached hydrogens (tertiary/aromatic N) is 2. The van der Waals surface area contributed by atoms with Crippen molar-refractivity contribution >= 4 is 34.1 Å². The van der Waals surface area contributed by atoms with E-state index in [1.807, 2.05) is 65.6 Å². The molecular weight excluding hydrogens is 554 g/mol. The monoisotopic (exact) mass is 584 g/mol. The molecule has 0 aliphatic rings. The standard InChI is InChI=1S/C38H30F2N2O2/c1-43-37-23-19-35(20-24-37)42(36-21-25-38(44-2)26-22-36)32-13-5-28(6-14-32)27-3-11-31(12-4-27)41(33-15-7-29(39)8-16-33)34-17-9-30(40)10-18-34/h3-26H,1-2H3. The molecule has 0 fully saturated rings. The van der Waals surface area contributed by atoms with Gasteiger partial charge in [0, 0.05) is 34.1 Å². The second-order valence-corrected chi connectivity index (χ2v) is 10.1. The van der Waals surface area contributed by atoms with Crippen molar-refractivity contribution in [1.82, 2.24) is 0 Å². The molecule has 0 saturated carbocycles. The van der Waals surface area contributed by atoms with Gasteiger partial charge in [-0.3, -0.25) is 0 Å². The summed E-state index contributed by atoms with van der Waals surface area (Å²) in [7, 11) is 3.31. The van der Waals surface area contributed by atoms with E-state index in [4.69, 9.17) is 9.47 Å². The predicted octanol–water partition coefficient (Wildman–Crippen LogP) is 10.6. The molecule has 6 aromatic rings. The van der Waals surface area contributed by atoms with E-state index >= 15 is 0 Å². The van der Waals surface area contributed by atoms with E-state index in [2.05, 4.69) is 41.3 Å². The lowest BCUT2D eigenvalue weighted by atomic mass is 10.0. The van der Waals surface area contributed by atoms with Crippen LogP contribution < -0.4 is 19.3 Å². The lowest BCUT2D eigenvalue weighted by Gasteiger charge is -2.26. The molecule has 0 N–H and O–H groups in total. The van der Waals surface area contributed by atoms with Crippen molar-refractivity contribution in [3.63, 3.8) is 0 Å². The number of rotatable bonds is 9. The minimum absolute atomic E-state index is 0.316. The molecule has 6 heteroatoms. The smallest absolute Gasteiger partial charge is 0.123 e. The number of methoxy groups -OCH3 is 2. The van der Waals surface area contributed by atoms with Gasteiger partial charge in [-0.1, -0.05) is 24.3 Å². The van der Waals surface area contributed by atoms with Gasteiger partial charge in [-0.15, -0.1) is 0 Å². The van der Waals surface area contributed by atoms with Gasteiger partial charge in [0.05, 0.1) is 14.2 Å². The van der Waals surface area contributed by atoms with Gasteiger partial charge in [0.25, 0.3) is 0 Å². The molecule has 0 spiro atoms. The molecule has 0 amide bonds. The summed E-state index contributed by atoms with van der Waals surface area (Å²) in [6.45, 7) is 0. The van der Waals surface area contributed by atoms with E-state index < -0.39 is 0 Å². The first-order valence-electron chi connectivity index (χ1n) is 14.1. The second kappa shape index (κ2) is 12.7. The van der Waals surface area contributed by atoms with E-state index in [-0.39, 0.29) is 11.6 Å². The van der Waals surface area contributed by atoms with Crippen molar-refractivity contribution in [2.45, 2.75) is 0 Å². The fraction of sp³-hybridized carbons (Fsp3) is 0.0526. The summed E-state index contributed by atoms with van der Waals surface area (Å²) >= 11 is 0. The Morgan fingerprint density at radius 1 is 0.341 bits per heavy atom. The topological polar surface area (TPSA) is 24.9 Å². The van der Waals surface area contributed by atoms with Crippen LogP contribution in [0, 0.1) is 11.6 Å². The molecule has 6 rings (SSSR count). The first-order valence-corrected chi connectivity index (χ1v) is 14.1. The predicted molar refractivity (Wildman–Crippen MR) is 174 cm³/mol. The lowest BCUT2D eigenvalue weighted by molar-refractivity contribution is 0.415. The summed E-state index contributed by atoms with van der Waals surface area (Å²) in [6, 6.07) is 45.0. The SMILES string of the molecule is COc1ccc(N(c2ccc(OC)cc2)c2ccc(-c3ccc(N(c4ccc(F)cc4)c4ccc(F)cc4)cc3)cc2)cc1. The number of hydrogen-bond acceptors (Lipinski definition) is 4. The largest absolute Gasteiger partial charge is 0.497 e. The van der Waals surface area contributed by atoms with E-state index in [0.29, 0.717) is 0 Å². The zero-order chi connectivity index (χ0) is 30.5. The van der Waals surface area contributed by atoms with Crippen LogP contribution in [-0.4, -0.2) is 14.2 Å². The third-order valence-corrected chi connectivity index (χ3v) is 7.42. The fourth-order valence-electron chi connectivity index (χ4n) is 5.14. The summed E-state index contributed by atoms with van der Waals surface area (Å²) in [6.07, 6.45) is 0. The van der Waals surface area contributed by atoms with E-state index in [9.17, 15) is 8.78 Å². The highest BCUT2D eigenvalue weighted by atomic mass is 19.1. The third kappa shape index (κ3) is 6.10. The minimum atomic E-state index is -0.316. The summed E-state index contributed by atoms with van der Waals surface area (Å²) in [4.78, 5) is 4.14. The molecule has 0 saturated heterocycles. The molecule has 0 radical (unpaired) electrons. The molecular formula is C38H30F2N2O2. The Balaban J connectivity index is 1.31. The van der Waals surface area contributed by atoms with Gasteiger partial charge < -0.3 is 19.3 Å². The Labute approximate surface area is 256 Å². The lowest BCUT2D eigenvalue weighted by Crippen LogP contribution is -2.10. The van der Waals surface area contributed by atoms with Crippen molar-refractivity contribution < 1.29 is 18.3 Å². The van der Waals surface area contributed by atoms with Crippen molar-refractivity contribution in [2.24, 2.45) is 0 Å².